The maximum Gasteiger partial charge on any atom is 0.333 e. The number of aryl methyl sites for hydroxylation is 1. The molecule has 0 spiro atoms. The number of carbonyl (C=O) groups excluding carboxylic acids is 3. The number of amidine groups is 1. The summed E-state index contributed by atoms with van der Waals surface area (Å²) in [5, 5.41) is 2.47. The fraction of sp³-hybridized carbons (Fsp3) is 0.375. The van der Waals surface area contributed by atoms with Gasteiger partial charge in [0.25, 0.3) is 17.6 Å². The van der Waals surface area contributed by atoms with Crippen LogP contribution in [0.3, 0.4) is 0 Å². The van der Waals surface area contributed by atoms with Gasteiger partial charge in [-0.1, -0.05) is 29.7 Å². The van der Waals surface area contributed by atoms with Gasteiger partial charge in [0.1, 0.15) is 5.52 Å². The number of rotatable bonds is 12. The van der Waals surface area contributed by atoms with Crippen LogP contribution in [0.1, 0.15) is 57.0 Å². The molecule has 0 unspecified atom stereocenters. The molecule has 0 bridgehead atoms. The monoisotopic (exact) mass is 632 g/mol. The van der Waals surface area contributed by atoms with Crippen LogP contribution in [0.15, 0.2) is 51.3 Å². The van der Waals surface area contributed by atoms with E-state index in [9.17, 15) is 14.4 Å². The molecule has 2 aliphatic heterocycles. The highest BCUT2D eigenvalue weighted by atomic mass is 32.2. The van der Waals surface area contributed by atoms with E-state index in [0.717, 1.165) is 32.2 Å². The molecule has 0 radical (unpaired) electrons. The lowest BCUT2D eigenvalue weighted by atomic mass is 10.1. The second-order valence-corrected chi connectivity index (χ2v) is 11.7. The van der Waals surface area contributed by atoms with Crippen molar-refractivity contribution in [1.82, 2.24) is 10.0 Å². The largest absolute Gasteiger partial charge is 0.493 e. The Bertz CT molecular complexity index is 1690. The number of nitrogens with one attached hydrogen (secondary N) is 1. The Labute approximate surface area is 265 Å². The van der Waals surface area contributed by atoms with Crippen molar-refractivity contribution in [2.75, 3.05) is 26.2 Å². The predicted octanol–water partition coefficient (Wildman–Crippen LogP) is 5.22. The van der Waals surface area contributed by atoms with Gasteiger partial charge in [0.05, 0.1) is 43.4 Å². The average Bonchev–Trinajstić information content (AvgIpc) is 3.52. The van der Waals surface area contributed by atoms with Crippen molar-refractivity contribution in [3.8, 4) is 11.5 Å². The van der Waals surface area contributed by atoms with Crippen LogP contribution in [0.4, 0.5) is 5.69 Å². The highest BCUT2D eigenvalue weighted by Crippen LogP contribution is 2.45. The van der Waals surface area contributed by atoms with E-state index in [-0.39, 0.29) is 31.6 Å². The molecule has 1 aromatic heterocycles. The zero-order chi connectivity index (χ0) is 32.1. The van der Waals surface area contributed by atoms with Crippen LogP contribution in [-0.2, 0) is 32.3 Å². The van der Waals surface area contributed by atoms with Crippen molar-refractivity contribution in [2.24, 2.45) is 4.99 Å². The van der Waals surface area contributed by atoms with Crippen molar-refractivity contribution < 1.29 is 33.3 Å². The number of amides is 2. The van der Waals surface area contributed by atoms with Crippen LogP contribution in [0.25, 0.3) is 22.7 Å². The Morgan fingerprint density at radius 3 is 2.49 bits per heavy atom. The van der Waals surface area contributed by atoms with Crippen LogP contribution >= 0.6 is 11.8 Å². The SMILES string of the molecule is COc1cc2c(/C=C3\Sc4ccccc4N3C)nc(CN=C(C)[NH-])[n+](CCCCCC(=O)ON3C(=O)CCC3=O)c2cc1OC. The Morgan fingerprint density at radius 1 is 1.09 bits per heavy atom. The molecule has 13 heteroatoms. The molecule has 5 rings (SSSR count). The molecule has 236 valence electrons. The molecular weight excluding hydrogens is 596 g/mol. The lowest BCUT2D eigenvalue weighted by Crippen LogP contribution is -2.41. The number of hydrogen-bond acceptors (Lipinski definition) is 10. The molecule has 3 aromatic rings. The van der Waals surface area contributed by atoms with Gasteiger partial charge in [0.2, 0.25) is 0 Å². The van der Waals surface area contributed by atoms with Gasteiger partial charge in [0.15, 0.2) is 17.2 Å². The first-order chi connectivity index (χ1) is 21.7. The smallest absolute Gasteiger partial charge is 0.333 e. The van der Waals surface area contributed by atoms with Gasteiger partial charge in [-0.05, 0) is 49.4 Å². The topological polar surface area (TPSA) is 138 Å². The molecule has 2 aliphatic rings. The molecule has 2 amide bonds. The minimum absolute atomic E-state index is 0.0627. The molecule has 2 aromatic carbocycles. The van der Waals surface area contributed by atoms with Crippen molar-refractivity contribution >= 4 is 58.0 Å². The Hall–Kier alpha value is -4.65. The number of aromatic nitrogens is 2. The van der Waals surface area contributed by atoms with Crippen molar-refractivity contribution in [3.63, 3.8) is 0 Å². The molecule has 1 N–H and O–H groups in total. The number of carbonyl (C=O) groups is 3. The molecular formula is C32H36N6O6S. The third-order valence-electron chi connectivity index (χ3n) is 7.58. The standard InChI is InChI=1S/C32H36N6O6S/c1-20(33)34-19-28-35-22(17-31-36(2)23-10-7-8-11-27(23)45-31)21-16-25(42-3)26(43-4)18-24(21)37(28)15-9-5-6-12-32(41)44-38-29(39)13-14-30(38)40/h7-8,10-11,16-18H,5-6,9,12-15,19H2,1-4H3,(H-,33,34). The van der Waals surface area contributed by atoms with E-state index in [1.165, 1.54) is 0 Å². The number of nitrogens with zero attached hydrogens (tertiary/aromatic N) is 5. The van der Waals surface area contributed by atoms with Crippen molar-refractivity contribution in [2.45, 2.75) is 63.4 Å². The number of hydroxylamine groups is 2. The Morgan fingerprint density at radius 2 is 1.80 bits per heavy atom. The number of para-hydroxylation sites is 1. The first-order valence-electron chi connectivity index (χ1n) is 14.7. The highest BCUT2D eigenvalue weighted by Gasteiger charge is 2.32. The molecule has 12 nitrogen and oxygen atoms in total. The molecule has 0 saturated carbocycles. The first-order valence-corrected chi connectivity index (χ1v) is 15.5. The molecule has 3 heterocycles. The summed E-state index contributed by atoms with van der Waals surface area (Å²) in [5.74, 6) is 0.447. The predicted molar refractivity (Wildman–Crippen MR) is 171 cm³/mol. The lowest BCUT2D eigenvalue weighted by molar-refractivity contribution is -0.682. The zero-order valence-corrected chi connectivity index (χ0v) is 26.6. The third-order valence-corrected chi connectivity index (χ3v) is 8.75. The fourth-order valence-electron chi connectivity index (χ4n) is 5.25. The van der Waals surface area contributed by atoms with E-state index in [4.69, 9.17) is 25.0 Å². The van der Waals surface area contributed by atoms with Crippen LogP contribution in [-0.4, -0.2) is 54.9 Å². The van der Waals surface area contributed by atoms with Gasteiger partial charge in [0, 0.05) is 43.3 Å². The van der Waals surface area contributed by atoms with Gasteiger partial charge in [-0.25, -0.2) is 9.36 Å². The average molecular weight is 633 g/mol. The highest BCUT2D eigenvalue weighted by molar-refractivity contribution is 8.03. The number of methoxy groups -OCH3 is 2. The van der Waals surface area contributed by atoms with Gasteiger partial charge in [-0.15, -0.1) is 5.06 Å². The van der Waals surface area contributed by atoms with E-state index in [2.05, 4.69) is 32.7 Å². The number of aliphatic imine (C=N–C) groups is 1. The van der Waals surface area contributed by atoms with E-state index in [1.54, 1.807) is 32.9 Å². The summed E-state index contributed by atoms with van der Waals surface area (Å²) >= 11 is 1.67. The number of fused-ring (bicyclic) bond motifs is 2. The molecule has 0 atom stereocenters. The summed E-state index contributed by atoms with van der Waals surface area (Å²) < 4.78 is 13.4. The maximum atomic E-state index is 12.3. The van der Waals surface area contributed by atoms with Crippen LogP contribution in [0.2, 0.25) is 0 Å². The second-order valence-electron chi connectivity index (χ2n) is 10.7. The maximum absolute atomic E-state index is 12.3. The van der Waals surface area contributed by atoms with Gasteiger partial charge in [-0.2, -0.15) is 0 Å². The fourth-order valence-corrected chi connectivity index (χ4v) is 6.34. The van der Waals surface area contributed by atoms with E-state index >= 15 is 0 Å². The summed E-state index contributed by atoms with van der Waals surface area (Å²) in [7, 11) is 5.22. The van der Waals surface area contributed by atoms with E-state index in [1.807, 2.05) is 31.3 Å². The number of thioether (sulfide) groups is 1. The van der Waals surface area contributed by atoms with Gasteiger partial charge in [-0.3, -0.25) is 9.59 Å². The normalized spacial score (nSPS) is 15.7. The number of benzene rings is 2. The number of hydrogen-bond donors (Lipinski definition) is 0. The number of anilines is 1. The Kier molecular flexibility index (Phi) is 9.87. The summed E-state index contributed by atoms with van der Waals surface area (Å²) in [6.45, 7) is 2.41. The number of unbranched alkanes of at least 4 members (excludes halogenated alkanes) is 2. The summed E-state index contributed by atoms with van der Waals surface area (Å²) in [5.41, 5.74) is 10.7. The quantitative estimate of drug-likeness (QED) is 0.0865. The minimum Gasteiger partial charge on any atom is -0.493 e. The van der Waals surface area contributed by atoms with Gasteiger partial charge >= 0.3 is 5.97 Å². The van der Waals surface area contributed by atoms with Crippen molar-refractivity contribution in [1.29, 1.82) is 0 Å². The lowest BCUT2D eigenvalue weighted by Gasteiger charge is -2.15. The molecule has 45 heavy (non-hydrogen) atoms. The minimum atomic E-state index is -0.606. The molecule has 0 aliphatic carbocycles. The summed E-state index contributed by atoms with van der Waals surface area (Å²) in [6, 6.07) is 12.1. The Balaban J connectivity index is 1.43. The molecule has 1 fully saturated rings. The summed E-state index contributed by atoms with van der Waals surface area (Å²) in [6.07, 6.45) is 4.18. The zero-order valence-electron chi connectivity index (χ0n) is 25.8. The van der Waals surface area contributed by atoms with E-state index in [0.29, 0.717) is 48.2 Å². The van der Waals surface area contributed by atoms with E-state index < -0.39 is 17.8 Å². The first kappa shape index (κ1) is 31.8. The third kappa shape index (κ3) is 7.03. The van der Waals surface area contributed by atoms with Crippen LogP contribution in [0, 0.1) is 0 Å². The van der Waals surface area contributed by atoms with Crippen LogP contribution in [0.5, 0.6) is 11.5 Å². The van der Waals surface area contributed by atoms with Crippen molar-refractivity contribution in [3.05, 3.63) is 58.7 Å². The summed E-state index contributed by atoms with van der Waals surface area (Å²) in [4.78, 5) is 53.5. The van der Waals surface area contributed by atoms with Gasteiger partial charge < -0.3 is 29.9 Å². The number of ether oxygens (including phenoxy) is 2. The number of imide groups is 1. The molecule has 1 saturated heterocycles. The van der Waals surface area contributed by atoms with Crippen LogP contribution < -0.4 is 18.9 Å². The second kappa shape index (κ2) is 14.0.